The van der Waals surface area contributed by atoms with Crippen molar-refractivity contribution < 1.29 is 10.2 Å². The average molecular weight is 383 g/mol. The third-order valence-corrected chi connectivity index (χ3v) is 4.49. The molecule has 8 heteroatoms. The van der Waals surface area contributed by atoms with Gasteiger partial charge in [-0.15, -0.1) is 0 Å². The second-order valence-electron chi connectivity index (χ2n) is 5.88. The fourth-order valence-corrected chi connectivity index (χ4v) is 2.92. The number of benzene rings is 2. The number of aromatic amines is 1. The highest BCUT2D eigenvalue weighted by atomic mass is 32.1. The topological polar surface area (TPSA) is 89.7 Å². The van der Waals surface area contributed by atoms with Crippen LogP contribution in [0, 0.1) is 4.77 Å². The van der Waals surface area contributed by atoms with E-state index in [2.05, 4.69) is 34.0 Å². The van der Waals surface area contributed by atoms with Gasteiger partial charge in [-0.25, -0.2) is 5.10 Å². The van der Waals surface area contributed by atoms with Crippen molar-refractivity contribution >= 4 is 24.1 Å². The molecule has 0 amide bonds. The number of hydrogen-bond acceptors (Lipinski definition) is 6. The molecule has 27 heavy (non-hydrogen) atoms. The molecule has 0 spiro atoms. The van der Waals surface area contributed by atoms with Gasteiger partial charge in [0.15, 0.2) is 17.3 Å². The molecule has 0 saturated carbocycles. The van der Waals surface area contributed by atoms with E-state index in [-0.39, 0.29) is 11.5 Å². The molecule has 1 heterocycles. The highest BCUT2D eigenvalue weighted by Gasteiger charge is 2.09. The van der Waals surface area contributed by atoms with Gasteiger partial charge in [-0.1, -0.05) is 0 Å². The number of aromatic nitrogens is 3. The smallest absolute Gasteiger partial charge is 0.216 e. The summed E-state index contributed by atoms with van der Waals surface area (Å²) in [6.07, 6.45) is 1.54. The van der Waals surface area contributed by atoms with Crippen molar-refractivity contribution in [2.24, 2.45) is 5.10 Å². The molecule has 3 aromatic rings. The maximum atomic E-state index is 9.59. The van der Waals surface area contributed by atoms with Crippen LogP contribution in [-0.2, 0) is 0 Å². The predicted molar refractivity (Wildman–Crippen MR) is 109 cm³/mol. The first-order valence-corrected chi connectivity index (χ1v) is 9.03. The third-order valence-electron chi connectivity index (χ3n) is 4.23. The highest BCUT2D eigenvalue weighted by Crippen LogP contribution is 2.25. The number of nitrogens with one attached hydrogen (secondary N) is 1. The number of rotatable bonds is 6. The van der Waals surface area contributed by atoms with Gasteiger partial charge < -0.3 is 15.1 Å². The quantitative estimate of drug-likeness (QED) is 0.343. The van der Waals surface area contributed by atoms with Crippen molar-refractivity contribution in [3.63, 3.8) is 0 Å². The van der Waals surface area contributed by atoms with Crippen LogP contribution in [0.25, 0.3) is 11.4 Å². The van der Waals surface area contributed by atoms with Gasteiger partial charge in [-0.3, -0.25) is 0 Å². The lowest BCUT2D eigenvalue weighted by molar-refractivity contribution is 0.403. The normalized spacial score (nSPS) is 11.2. The van der Waals surface area contributed by atoms with Crippen molar-refractivity contribution in [3.8, 4) is 22.9 Å². The van der Waals surface area contributed by atoms with Gasteiger partial charge >= 0.3 is 0 Å². The Kier molecular flexibility index (Phi) is 5.56. The maximum Gasteiger partial charge on any atom is 0.216 e. The molecule has 7 nitrogen and oxygen atoms in total. The highest BCUT2D eigenvalue weighted by molar-refractivity contribution is 7.71. The van der Waals surface area contributed by atoms with Crippen molar-refractivity contribution in [3.05, 3.63) is 52.8 Å². The van der Waals surface area contributed by atoms with Crippen LogP contribution < -0.4 is 4.90 Å². The van der Waals surface area contributed by atoms with E-state index in [4.69, 9.17) is 12.2 Å². The van der Waals surface area contributed by atoms with Gasteiger partial charge in [-0.2, -0.15) is 14.9 Å². The number of phenolic OH excluding ortho intramolecular Hbond substituents is 2. The Hall–Kier alpha value is -3.13. The number of hydrogen-bond donors (Lipinski definition) is 3. The Balaban J connectivity index is 1.91. The van der Waals surface area contributed by atoms with Gasteiger partial charge in [0.1, 0.15) is 0 Å². The summed E-state index contributed by atoms with van der Waals surface area (Å²) in [6.45, 7) is 6.13. The van der Waals surface area contributed by atoms with Crippen LogP contribution >= 0.6 is 12.2 Å². The van der Waals surface area contributed by atoms with E-state index in [1.54, 1.807) is 6.07 Å². The minimum Gasteiger partial charge on any atom is -0.504 e. The van der Waals surface area contributed by atoms with Crippen LogP contribution in [0.1, 0.15) is 19.4 Å². The number of nitrogens with zero attached hydrogens (tertiary/aromatic N) is 4. The molecule has 0 aliphatic heterocycles. The van der Waals surface area contributed by atoms with E-state index in [0.717, 1.165) is 24.3 Å². The minimum atomic E-state index is -0.207. The zero-order valence-electron chi connectivity index (χ0n) is 15.1. The molecular formula is C19H21N5O2S. The molecule has 0 fully saturated rings. The average Bonchev–Trinajstić information content (AvgIpc) is 3.05. The van der Waals surface area contributed by atoms with E-state index in [9.17, 15) is 10.2 Å². The summed E-state index contributed by atoms with van der Waals surface area (Å²) >= 11 is 5.27. The van der Waals surface area contributed by atoms with Gasteiger partial charge in [0.2, 0.25) is 4.77 Å². The van der Waals surface area contributed by atoms with Gasteiger partial charge in [0.05, 0.1) is 6.21 Å². The molecule has 1 aromatic heterocycles. The zero-order valence-corrected chi connectivity index (χ0v) is 15.9. The molecule has 0 saturated heterocycles. The Labute approximate surface area is 162 Å². The van der Waals surface area contributed by atoms with Gasteiger partial charge in [0.25, 0.3) is 0 Å². The second kappa shape index (κ2) is 8.05. The van der Waals surface area contributed by atoms with Crippen LogP contribution in [0.15, 0.2) is 47.6 Å². The summed E-state index contributed by atoms with van der Waals surface area (Å²) in [4.78, 5) is 2.26. The number of H-pyrrole nitrogens is 1. The van der Waals surface area contributed by atoms with Crippen molar-refractivity contribution in [1.29, 1.82) is 0 Å². The fourth-order valence-electron chi connectivity index (χ4n) is 2.74. The second-order valence-corrected chi connectivity index (χ2v) is 6.26. The summed E-state index contributed by atoms with van der Waals surface area (Å²) in [6, 6.07) is 12.5. The summed E-state index contributed by atoms with van der Waals surface area (Å²) in [5, 5.41) is 30.4. The Morgan fingerprint density at radius 3 is 2.44 bits per heavy atom. The Morgan fingerprint density at radius 2 is 1.81 bits per heavy atom. The lowest BCUT2D eigenvalue weighted by atomic mass is 10.2. The van der Waals surface area contributed by atoms with Gasteiger partial charge in [0, 0.05) is 24.3 Å². The maximum absolute atomic E-state index is 9.59. The van der Waals surface area contributed by atoms with Crippen LogP contribution in [0.4, 0.5) is 5.69 Å². The Morgan fingerprint density at radius 1 is 1.11 bits per heavy atom. The van der Waals surface area contributed by atoms with E-state index in [0.29, 0.717) is 16.2 Å². The van der Waals surface area contributed by atoms with Crippen molar-refractivity contribution in [2.75, 3.05) is 18.0 Å². The first kappa shape index (κ1) is 18.7. The summed E-state index contributed by atoms with van der Waals surface area (Å²) < 4.78 is 1.88. The van der Waals surface area contributed by atoms with Crippen LogP contribution in [-0.4, -0.2) is 44.4 Å². The first-order valence-electron chi connectivity index (χ1n) is 8.62. The first-order chi connectivity index (χ1) is 13.0. The lowest BCUT2D eigenvalue weighted by Gasteiger charge is -2.20. The van der Waals surface area contributed by atoms with E-state index in [1.165, 1.54) is 23.0 Å². The van der Waals surface area contributed by atoms with Crippen LogP contribution in [0.3, 0.4) is 0 Å². The molecule has 0 aliphatic carbocycles. The van der Waals surface area contributed by atoms with Crippen molar-refractivity contribution in [1.82, 2.24) is 14.9 Å². The monoisotopic (exact) mass is 383 g/mol. The molecular weight excluding hydrogens is 362 g/mol. The Bertz CT molecular complexity index is 1000. The molecule has 3 N–H and O–H groups in total. The van der Waals surface area contributed by atoms with E-state index in [1.807, 2.05) is 24.3 Å². The summed E-state index contributed by atoms with van der Waals surface area (Å²) in [5.41, 5.74) is 2.65. The van der Waals surface area contributed by atoms with Crippen molar-refractivity contribution in [2.45, 2.75) is 13.8 Å². The predicted octanol–water partition coefficient (Wildman–Crippen LogP) is 3.75. The molecule has 0 bridgehead atoms. The molecule has 2 aromatic carbocycles. The van der Waals surface area contributed by atoms with Crippen LogP contribution in [0.5, 0.6) is 11.5 Å². The SMILES string of the molecule is CCN(CC)c1ccc(-c2n[nH]c(=S)n2/N=C/c2ccc(O)c(O)c2)cc1. The van der Waals surface area contributed by atoms with Crippen LogP contribution in [0.2, 0.25) is 0 Å². The van der Waals surface area contributed by atoms with Gasteiger partial charge in [-0.05, 0) is 74.1 Å². The van der Waals surface area contributed by atoms with E-state index < -0.39 is 0 Å². The largest absolute Gasteiger partial charge is 0.504 e. The van der Waals surface area contributed by atoms with E-state index >= 15 is 0 Å². The fraction of sp³-hybridized carbons (Fsp3) is 0.211. The minimum absolute atomic E-state index is 0.180. The number of phenols is 2. The number of anilines is 1. The molecule has 0 aliphatic rings. The zero-order chi connectivity index (χ0) is 19.4. The molecule has 140 valence electrons. The molecule has 0 unspecified atom stereocenters. The number of aromatic hydroxyl groups is 2. The molecule has 0 atom stereocenters. The summed E-state index contributed by atoms with van der Waals surface area (Å²) in [5.74, 6) is 0.202. The molecule has 0 radical (unpaired) electrons. The molecule has 3 rings (SSSR count). The summed E-state index contributed by atoms with van der Waals surface area (Å²) in [7, 11) is 0. The third kappa shape index (κ3) is 4.01. The lowest BCUT2D eigenvalue weighted by Crippen LogP contribution is -2.21. The standard InChI is InChI=1S/C19H21N5O2S/c1-3-23(4-2)15-8-6-14(7-9-15)18-21-22-19(27)24(18)20-12-13-5-10-16(25)17(26)11-13/h5-12,25-26H,3-4H2,1-2H3,(H,22,27)/b20-12+.